The fourth-order valence-electron chi connectivity index (χ4n) is 2.69. The second kappa shape index (κ2) is 4.34. The zero-order chi connectivity index (χ0) is 13.6. The Labute approximate surface area is 112 Å². The molecule has 0 bridgehead atoms. The average molecular weight is 262 g/mol. The van der Waals surface area contributed by atoms with Gasteiger partial charge in [0.05, 0.1) is 12.2 Å². The smallest absolute Gasteiger partial charge is 0.208 e. The maximum atomic E-state index is 10.2. The van der Waals surface area contributed by atoms with E-state index in [0.717, 1.165) is 11.1 Å². The average Bonchev–Trinajstić information content (AvgIpc) is 2.49. The Balaban J connectivity index is 2.07. The van der Waals surface area contributed by atoms with Gasteiger partial charge in [-0.1, -0.05) is 24.3 Å². The first-order valence-electron chi connectivity index (χ1n) is 6.52. The number of benzene rings is 1. The summed E-state index contributed by atoms with van der Waals surface area (Å²) in [4.78, 5) is 0. The summed E-state index contributed by atoms with van der Waals surface area (Å²) in [7, 11) is 0. The molecule has 2 heterocycles. The zero-order valence-corrected chi connectivity index (χ0v) is 11.0. The van der Waals surface area contributed by atoms with Gasteiger partial charge in [0.25, 0.3) is 0 Å². The fraction of sp³-hybridized carbons (Fsp3) is 0.467. The molecule has 0 spiro atoms. The second-order valence-corrected chi connectivity index (χ2v) is 5.43. The monoisotopic (exact) mass is 262 g/mol. The van der Waals surface area contributed by atoms with E-state index in [2.05, 4.69) is 0 Å². The van der Waals surface area contributed by atoms with Gasteiger partial charge in [-0.15, -0.1) is 0 Å². The molecule has 0 amide bonds. The fourth-order valence-corrected chi connectivity index (χ4v) is 2.69. The van der Waals surface area contributed by atoms with Crippen molar-refractivity contribution in [1.29, 1.82) is 0 Å². The van der Waals surface area contributed by atoms with Crippen LogP contribution in [0.1, 0.15) is 37.5 Å². The van der Waals surface area contributed by atoms with Crippen LogP contribution in [0, 0.1) is 0 Å². The highest BCUT2D eigenvalue weighted by atomic mass is 16.6. The lowest BCUT2D eigenvalue weighted by Gasteiger charge is -2.37. The van der Waals surface area contributed by atoms with Crippen molar-refractivity contribution in [2.24, 2.45) is 0 Å². The van der Waals surface area contributed by atoms with Gasteiger partial charge < -0.3 is 19.7 Å². The molecule has 1 aromatic carbocycles. The van der Waals surface area contributed by atoms with E-state index in [-0.39, 0.29) is 12.2 Å². The summed E-state index contributed by atoms with van der Waals surface area (Å²) >= 11 is 0. The van der Waals surface area contributed by atoms with Crippen molar-refractivity contribution < 1.29 is 19.7 Å². The molecule has 0 fully saturated rings. The first kappa shape index (κ1) is 12.7. The van der Waals surface area contributed by atoms with E-state index in [9.17, 15) is 10.2 Å². The minimum atomic E-state index is -1.25. The van der Waals surface area contributed by atoms with Crippen LogP contribution in [0.15, 0.2) is 24.3 Å². The third-order valence-electron chi connectivity index (χ3n) is 3.58. The summed E-state index contributed by atoms with van der Waals surface area (Å²) in [6.45, 7) is 3.32. The lowest BCUT2D eigenvalue weighted by atomic mass is 9.93. The van der Waals surface area contributed by atoms with Gasteiger partial charge in [0.1, 0.15) is 11.9 Å². The Morgan fingerprint density at radius 2 is 2.21 bits per heavy atom. The van der Waals surface area contributed by atoms with E-state index in [1.54, 1.807) is 13.8 Å². The van der Waals surface area contributed by atoms with E-state index in [0.29, 0.717) is 12.2 Å². The molecular formula is C15H18O4. The zero-order valence-electron chi connectivity index (χ0n) is 11.0. The Kier molecular flexibility index (Phi) is 2.89. The molecule has 0 saturated carbocycles. The molecule has 0 saturated heterocycles. The second-order valence-electron chi connectivity index (χ2n) is 5.43. The van der Waals surface area contributed by atoms with Crippen molar-refractivity contribution in [3.05, 3.63) is 35.4 Å². The minimum Gasteiger partial charge on any atom is -0.462 e. The normalized spacial score (nSPS) is 34.1. The summed E-state index contributed by atoms with van der Waals surface area (Å²) < 4.78 is 11.5. The van der Waals surface area contributed by atoms with Gasteiger partial charge in [0, 0.05) is 18.9 Å². The molecule has 0 unspecified atom stereocenters. The Hall–Kier alpha value is -1.36. The molecule has 2 aliphatic heterocycles. The topological polar surface area (TPSA) is 58.9 Å². The van der Waals surface area contributed by atoms with E-state index in [4.69, 9.17) is 9.47 Å². The van der Waals surface area contributed by atoms with E-state index >= 15 is 0 Å². The Bertz CT molecular complexity index is 519. The number of hydrogen-bond acceptors (Lipinski definition) is 4. The largest absolute Gasteiger partial charge is 0.462 e. The molecule has 2 N–H and O–H groups in total. The van der Waals surface area contributed by atoms with Gasteiger partial charge in [-0.05, 0) is 18.6 Å². The summed E-state index contributed by atoms with van der Waals surface area (Å²) in [5.41, 5.74) is 1.97. The van der Waals surface area contributed by atoms with Crippen molar-refractivity contribution >= 4 is 6.08 Å². The van der Waals surface area contributed by atoms with Crippen LogP contribution in [0.3, 0.4) is 0 Å². The summed E-state index contributed by atoms with van der Waals surface area (Å²) in [5.74, 6) is -0.598. The van der Waals surface area contributed by atoms with Gasteiger partial charge >= 0.3 is 0 Å². The highest BCUT2D eigenvalue weighted by molar-refractivity contribution is 5.61. The summed E-state index contributed by atoms with van der Waals surface area (Å²) in [5, 5.41) is 19.9. The van der Waals surface area contributed by atoms with Crippen LogP contribution in [0.25, 0.3) is 6.08 Å². The molecule has 4 heteroatoms. The minimum absolute atomic E-state index is 0.274. The first-order valence-corrected chi connectivity index (χ1v) is 6.52. The molecule has 19 heavy (non-hydrogen) atoms. The number of aliphatic hydroxyl groups excluding tert-OH is 1. The van der Waals surface area contributed by atoms with Crippen molar-refractivity contribution in [3.8, 4) is 5.75 Å². The predicted molar refractivity (Wildman–Crippen MR) is 70.6 cm³/mol. The van der Waals surface area contributed by atoms with E-state index in [1.165, 1.54) is 0 Å². The molecule has 0 radical (unpaired) electrons. The van der Waals surface area contributed by atoms with Crippen LogP contribution < -0.4 is 4.74 Å². The third-order valence-corrected chi connectivity index (χ3v) is 3.58. The highest BCUT2D eigenvalue weighted by Gasteiger charge is 2.39. The molecule has 3 rings (SSSR count). The number of ether oxygens (including phenoxy) is 2. The van der Waals surface area contributed by atoms with Crippen LogP contribution in [0.4, 0.5) is 0 Å². The van der Waals surface area contributed by atoms with Gasteiger partial charge in [0.15, 0.2) is 0 Å². The van der Waals surface area contributed by atoms with Crippen molar-refractivity contribution in [1.82, 2.24) is 0 Å². The SMILES string of the molecule is C[C@@H](O)[C@H]1C=Cc2cccc3c2[C@H](C[C@](C)(O)O3)O1. The van der Waals surface area contributed by atoms with Crippen molar-refractivity contribution in [3.63, 3.8) is 0 Å². The van der Waals surface area contributed by atoms with Crippen LogP contribution >= 0.6 is 0 Å². The lowest BCUT2D eigenvalue weighted by Crippen LogP contribution is -2.39. The lowest BCUT2D eigenvalue weighted by molar-refractivity contribution is -0.177. The van der Waals surface area contributed by atoms with Crippen LogP contribution in [0.5, 0.6) is 5.75 Å². The van der Waals surface area contributed by atoms with Gasteiger partial charge in [0.2, 0.25) is 5.79 Å². The third kappa shape index (κ3) is 2.27. The summed E-state index contributed by atoms with van der Waals surface area (Å²) in [6.07, 6.45) is 2.90. The Morgan fingerprint density at radius 1 is 1.42 bits per heavy atom. The van der Waals surface area contributed by atoms with E-state index < -0.39 is 11.9 Å². The molecule has 0 aromatic heterocycles. The predicted octanol–water partition coefficient (Wildman–Crippen LogP) is 2.01. The molecule has 0 aliphatic carbocycles. The Morgan fingerprint density at radius 3 is 2.95 bits per heavy atom. The van der Waals surface area contributed by atoms with Gasteiger partial charge in [-0.25, -0.2) is 0 Å². The molecule has 4 nitrogen and oxygen atoms in total. The maximum Gasteiger partial charge on any atom is 0.208 e. The molecule has 1 aromatic rings. The van der Waals surface area contributed by atoms with Crippen LogP contribution in [0.2, 0.25) is 0 Å². The van der Waals surface area contributed by atoms with Gasteiger partial charge in [-0.3, -0.25) is 0 Å². The quantitative estimate of drug-likeness (QED) is 0.813. The number of aliphatic hydroxyl groups is 2. The van der Waals surface area contributed by atoms with Crippen LogP contribution in [-0.4, -0.2) is 28.2 Å². The molecule has 102 valence electrons. The molecule has 2 aliphatic rings. The highest BCUT2D eigenvalue weighted by Crippen LogP contribution is 2.44. The molecular weight excluding hydrogens is 244 g/mol. The van der Waals surface area contributed by atoms with Gasteiger partial charge in [-0.2, -0.15) is 0 Å². The summed E-state index contributed by atoms with van der Waals surface area (Å²) in [6, 6.07) is 5.71. The first-order chi connectivity index (χ1) is 8.96. The van der Waals surface area contributed by atoms with Crippen molar-refractivity contribution in [2.75, 3.05) is 0 Å². The van der Waals surface area contributed by atoms with Crippen LogP contribution in [-0.2, 0) is 4.74 Å². The van der Waals surface area contributed by atoms with Crippen molar-refractivity contribution in [2.45, 2.75) is 44.4 Å². The number of rotatable bonds is 1. The van der Waals surface area contributed by atoms with E-state index in [1.807, 2.05) is 30.4 Å². The standard InChI is InChI=1S/C15H18O4/c1-9(16)11-7-6-10-4-3-5-12-14(10)13(18-11)8-15(2,17)19-12/h3-7,9,11,13,16-17H,8H2,1-2H3/t9-,11-,13+,15-/m1/s1. The maximum absolute atomic E-state index is 10.2. The number of hydrogen-bond donors (Lipinski definition) is 2. The molecule has 4 atom stereocenters.